The van der Waals surface area contributed by atoms with E-state index in [0.717, 1.165) is 44.6 Å². The third-order valence-corrected chi connectivity index (χ3v) is 7.05. The number of nitrogens with one attached hydrogen (secondary N) is 2. The molecule has 1 aliphatic carbocycles. The zero-order valence-corrected chi connectivity index (χ0v) is 16.5. The Labute approximate surface area is 161 Å². The number of piperidine rings is 2. The molecule has 4 rings (SSSR count). The fraction of sp³-hybridized carbons (Fsp3) is 0.714. The highest BCUT2D eigenvalue weighted by atomic mass is 16.2. The third kappa shape index (κ3) is 3.58. The van der Waals surface area contributed by atoms with Gasteiger partial charge in [0, 0.05) is 48.0 Å². The Hall–Kier alpha value is -1.98. The van der Waals surface area contributed by atoms with Crippen molar-refractivity contribution in [2.24, 2.45) is 5.41 Å². The number of hydrogen-bond acceptors (Lipinski definition) is 3. The molecular formula is C21H32N4O2. The molecule has 1 amide bonds. The molecule has 27 heavy (non-hydrogen) atoms. The SMILES string of the molecule is C=C1CCC2(CCCN(C(=O)Cc3c(C)[nH][nH]c3=O)C2)CN1C1CCCC1. The van der Waals surface area contributed by atoms with Gasteiger partial charge in [0.25, 0.3) is 5.56 Å². The molecule has 3 heterocycles. The van der Waals surface area contributed by atoms with Crippen LogP contribution < -0.4 is 5.56 Å². The first-order valence-electron chi connectivity index (χ1n) is 10.5. The maximum atomic E-state index is 12.9. The second-order valence-corrected chi connectivity index (χ2v) is 8.91. The van der Waals surface area contributed by atoms with Gasteiger partial charge in [0.1, 0.15) is 0 Å². The summed E-state index contributed by atoms with van der Waals surface area (Å²) in [4.78, 5) is 29.4. The van der Waals surface area contributed by atoms with Crippen molar-refractivity contribution in [1.82, 2.24) is 20.0 Å². The first-order chi connectivity index (χ1) is 13.0. The predicted octanol–water partition coefficient (Wildman–Crippen LogP) is 2.71. The summed E-state index contributed by atoms with van der Waals surface area (Å²) in [6.45, 7) is 8.86. The molecule has 1 unspecified atom stereocenters. The lowest BCUT2D eigenvalue weighted by Crippen LogP contribution is -2.54. The standard InChI is InChI=1S/C21H32N4O2/c1-15-8-10-21(14-25(15)17-6-3-4-7-17)9-5-11-24(13-21)19(26)12-18-16(2)22-23-20(18)27/h17H,1,3-14H2,2H3,(H2,22,23,27). The van der Waals surface area contributed by atoms with Crippen LogP contribution in [0.2, 0.25) is 0 Å². The topological polar surface area (TPSA) is 72.2 Å². The van der Waals surface area contributed by atoms with Gasteiger partial charge in [0.15, 0.2) is 0 Å². The Kier molecular flexibility index (Phi) is 4.91. The lowest BCUT2D eigenvalue weighted by atomic mass is 9.72. The number of carbonyl (C=O) groups is 1. The van der Waals surface area contributed by atoms with Gasteiger partial charge < -0.3 is 14.9 Å². The summed E-state index contributed by atoms with van der Waals surface area (Å²) < 4.78 is 0. The summed E-state index contributed by atoms with van der Waals surface area (Å²) in [5, 5.41) is 5.40. The number of H-pyrrole nitrogens is 2. The average molecular weight is 373 g/mol. The molecule has 1 saturated carbocycles. The number of aromatic amines is 2. The van der Waals surface area contributed by atoms with E-state index in [4.69, 9.17) is 0 Å². The van der Waals surface area contributed by atoms with E-state index in [1.165, 1.54) is 37.8 Å². The quantitative estimate of drug-likeness (QED) is 0.857. The Morgan fingerprint density at radius 1 is 1.19 bits per heavy atom. The summed E-state index contributed by atoms with van der Waals surface area (Å²) in [6, 6.07) is 0.654. The van der Waals surface area contributed by atoms with E-state index in [9.17, 15) is 9.59 Å². The van der Waals surface area contributed by atoms with Crippen molar-refractivity contribution in [3.8, 4) is 0 Å². The molecule has 2 saturated heterocycles. The molecule has 0 radical (unpaired) electrons. The number of allylic oxidation sites excluding steroid dienone is 1. The molecule has 3 fully saturated rings. The molecule has 1 aromatic rings. The number of likely N-dealkylation sites (tertiary alicyclic amines) is 2. The maximum absolute atomic E-state index is 12.9. The third-order valence-electron chi connectivity index (χ3n) is 7.05. The van der Waals surface area contributed by atoms with Crippen LogP contribution in [0.1, 0.15) is 62.6 Å². The largest absolute Gasteiger partial charge is 0.372 e. The van der Waals surface area contributed by atoms with Gasteiger partial charge in [-0.1, -0.05) is 19.4 Å². The summed E-state index contributed by atoms with van der Waals surface area (Å²) >= 11 is 0. The maximum Gasteiger partial charge on any atom is 0.267 e. The minimum absolute atomic E-state index is 0.0825. The Bertz CT molecular complexity index is 773. The van der Waals surface area contributed by atoms with Crippen LogP contribution in [0.15, 0.2) is 17.1 Å². The van der Waals surface area contributed by atoms with Gasteiger partial charge in [0.2, 0.25) is 5.91 Å². The summed E-state index contributed by atoms with van der Waals surface area (Å²) in [5.74, 6) is 0.0825. The van der Waals surface area contributed by atoms with E-state index < -0.39 is 0 Å². The fourth-order valence-corrected chi connectivity index (χ4v) is 5.41. The van der Waals surface area contributed by atoms with Crippen LogP contribution in [0.4, 0.5) is 0 Å². The smallest absolute Gasteiger partial charge is 0.267 e. The van der Waals surface area contributed by atoms with E-state index in [0.29, 0.717) is 11.6 Å². The molecular weight excluding hydrogens is 340 g/mol. The molecule has 6 heteroatoms. The highest BCUT2D eigenvalue weighted by Gasteiger charge is 2.43. The van der Waals surface area contributed by atoms with Crippen LogP contribution >= 0.6 is 0 Å². The number of aromatic nitrogens is 2. The molecule has 1 atom stereocenters. The highest BCUT2D eigenvalue weighted by Crippen LogP contribution is 2.43. The van der Waals surface area contributed by atoms with Gasteiger partial charge in [-0.05, 0) is 45.4 Å². The van der Waals surface area contributed by atoms with Crippen molar-refractivity contribution in [2.75, 3.05) is 19.6 Å². The van der Waals surface area contributed by atoms with Gasteiger partial charge in [0.05, 0.1) is 6.42 Å². The van der Waals surface area contributed by atoms with E-state index in [1.807, 2.05) is 11.8 Å². The second kappa shape index (κ2) is 7.21. The second-order valence-electron chi connectivity index (χ2n) is 8.91. The Balaban J connectivity index is 1.46. The van der Waals surface area contributed by atoms with Crippen LogP contribution in [0, 0.1) is 12.3 Å². The molecule has 1 spiro atoms. The molecule has 1 aromatic heterocycles. The minimum Gasteiger partial charge on any atom is -0.372 e. The lowest BCUT2D eigenvalue weighted by molar-refractivity contribution is -0.135. The normalized spacial score (nSPS) is 26.9. The van der Waals surface area contributed by atoms with Gasteiger partial charge in [-0.2, -0.15) is 0 Å². The number of rotatable bonds is 3. The van der Waals surface area contributed by atoms with Crippen LogP contribution in [-0.4, -0.2) is 51.6 Å². The zero-order valence-electron chi connectivity index (χ0n) is 16.5. The Morgan fingerprint density at radius 2 is 1.96 bits per heavy atom. The van der Waals surface area contributed by atoms with Crippen LogP contribution in [-0.2, 0) is 11.2 Å². The van der Waals surface area contributed by atoms with E-state index in [2.05, 4.69) is 21.7 Å². The molecule has 6 nitrogen and oxygen atoms in total. The number of nitrogens with zero attached hydrogens (tertiary/aromatic N) is 2. The zero-order chi connectivity index (χ0) is 19.0. The van der Waals surface area contributed by atoms with Crippen LogP contribution in [0.25, 0.3) is 0 Å². The van der Waals surface area contributed by atoms with Gasteiger partial charge in [-0.3, -0.25) is 14.7 Å². The van der Waals surface area contributed by atoms with Gasteiger partial charge >= 0.3 is 0 Å². The molecule has 0 aromatic carbocycles. The Morgan fingerprint density at radius 3 is 2.67 bits per heavy atom. The number of hydrogen-bond donors (Lipinski definition) is 2. The number of amides is 1. The molecule has 148 valence electrons. The number of carbonyl (C=O) groups excluding carboxylic acids is 1. The van der Waals surface area contributed by atoms with E-state index >= 15 is 0 Å². The minimum atomic E-state index is -0.172. The molecule has 2 N–H and O–H groups in total. The molecule has 3 aliphatic rings. The monoisotopic (exact) mass is 372 g/mol. The van der Waals surface area contributed by atoms with Crippen LogP contribution in [0.5, 0.6) is 0 Å². The van der Waals surface area contributed by atoms with E-state index in [1.54, 1.807) is 0 Å². The molecule has 0 bridgehead atoms. The van der Waals surface area contributed by atoms with Crippen molar-refractivity contribution in [3.05, 3.63) is 33.9 Å². The number of aryl methyl sites for hydroxylation is 1. The first kappa shape index (κ1) is 18.4. The lowest BCUT2D eigenvalue weighted by Gasteiger charge is -2.51. The van der Waals surface area contributed by atoms with Crippen molar-refractivity contribution in [3.63, 3.8) is 0 Å². The van der Waals surface area contributed by atoms with E-state index in [-0.39, 0.29) is 23.3 Å². The fourth-order valence-electron chi connectivity index (χ4n) is 5.41. The van der Waals surface area contributed by atoms with Crippen LogP contribution in [0.3, 0.4) is 0 Å². The predicted molar refractivity (Wildman–Crippen MR) is 105 cm³/mol. The van der Waals surface area contributed by atoms with Crippen molar-refractivity contribution in [1.29, 1.82) is 0 Å². The van der Waals surface area contributed by atoms with Crippen molar-refractivity contribution in [2.45, 2.75) is 70.8 Å². The summed E-state index contributed by atoms with van der Waals surface area (Å²) in [6.07, 6.45) is 9.85. The van der Waals surface area contributed by atoms with Gasteiger partial charge in [-0.25, -0.2) is 0 Å². The van der Waals surface area contributed by atoms with Crippen molar-refractivity contribution < 1.29 is 4.79 Å². The summed E-state index contributed by atoms with van der Waals surface area (Å²) in [7, 11) is 0. The molecule has 2 aliphatic heterocycles. The first-order valence-corrected chi connectivity index (χ1v) is 10.5. The highest BCUT2D eigenvalue weighted by molar-refractivity contribution is 5.79. The van der Waals surface area contributed by atoms with Gasteiger partial charge in [-0.15, -0.1) is 0 Å². The summed E-state index contributed by atoms with van der Waals surface area (Å²) in [5.41, 5.74) is 2.65. The average Bonchev–Trinajstić information content (AvgIpc) is 3.30. The van der Waals surface area contributed by atoms with Crippen molar-refractivity contribution >= 4 is 5.91 Å².